The monoisotopic (exact) mass is 410 g/mol. The number of aliphatic hydroxyl groups is 1. The van der Waals surface area contributed by atoms with Gasteiger partial charge in [0, 0.05) is 5.56 Å². The van der Waals surface area contributed by atoms with Gasteiger partial charge in [-0.15, -0.1) is 6.42 Å². The molecule has 2 aromatic rings. The van der Waals surface area contributed by atoms with Crippen molar-refractivity contribution in [2.75, 3.05) is 13.2 Å². The summed E-state index contributed by atoms with van der Waals surface area (Å²) in [7, 11) is 0. The largest absolute Gasteiger partial charge is 0.453 e. The predicted molar refractivity (Wildman–Crippen MR) is 105 cm³/mol. The van der Waals surface area contributed by atoms with Crippen LogP contribution in [0.4, 0.5) is 0 Å². The van der Waals surface area contributed by atoms with Gasteiger partial charge >= 0.3 is 5.97 Å². The number of hydrogen-bond acceptors (Lipinski definition) is 7. The molecule has 7 nitrogen and oxygen atoms in total. The highest BCUT2D eigenvalue weighted by Gasteiger charge is 2.52. The molecule has 0 spiro atoms. The van der Waals surface area contributed by atoms with Crippen LogP contribution in [-0.2, 0) is 23.7 Å². The molecule has 2 aliphatic rings. The van der Waals surface area contributed by atoms with Gasteiger partial charge in [0.25, 0.3) is 0 Å². The van der Waals surface area contributed by atoms with Gasteiger partial charge in [0.1, 0.15) is 24.9 Å². The van der Waals surface area contributed by atoms with Gasteiger partial charge in [-0.25, -0.2) is 4.79 Å². The van der Waals surface area contributed by atoms with Gasteiger partial charge in [0.2, 0.25) is 0 Å². The molecule has 1 N–H and O–H groups in total. The van der Waals surface area contributed by atoms with Crippen LogP contribution >= 0.6 is 0 Å². The zero-order chi connectivity index (χ0) is 20.9. The molecule has 7 heteroatoms. The van der Waals surface area contributed by atoms with Gasteiger partial charge in [0.15, 0.2) is 18.7 Å². The number of aliphatic hydroxyl groups excluding tert-OH is 1. The number of benzene rings is 2. The molecule has 2 aromatic carbocycles. The third-order valence-corrected chi connectivity index (χ3v) is 4.96. The van der Waals surface area contributed by atoms with Gasteiger partial charge in [-0.1, -0.05) is 54.5 Å². The van der Waals surface area contributed by atoms with Crippen LogP contribution in [0.3, 0.4) is 0 Å². The lowest BCUT2D eigenvalue weighted by Crippen LogP contribution is -2.63. The van der Waals surface area contributed by atoms with E-state index in [2.05, 4.69) is 5.92 Å². The first-order valence-corrected chi connectivity index (χ1v) is 9.64. The van der Waals surface area contributed by atoms with Crippen molar-refractivity contribution in [2.45, 2.75) is 37.0 Å². The Bertz CT molecular complexity index is 879. The molecule has 0 aromatic heterocycles. The van der Waals surface area contributed by atoms with E-state index in [1.165, 1.54) is 0 Å². The maximum atomic E-state index is 12.7. The van der Waals surface area contributed by atoms with Gasteiger partial charge in [-0.2, -0.15) is 0 Å². The fourth-order valence-corrected chi connectivity index (χ4v) is 3.51. The topological polar surface area (TPSA) is 83.5 Å². The van der Waals surface area contributed by atoms with Crippen molar-refractivity contribution in [2.24, 2.45) is 0 Å². The Morgan fingerprint density at radius 2 is 1.80 bits per heavy atom. The van der Waals surface area contributed by atoms with E-state index >= 15 is 0 Å². The van der Waals surface area contributed by atoms with Crippen LogP contribution in [0.2, 0.25) is 0 Å². The van der Waals surface area contributed by atoms with Crippen LogP contribution in [0.1, 0.15) is 22.2 Å². The summed E-state index contributed by atoms with van der Waals surface area (Å²) in [5.74, 6) is 1.75. The molecule has 2 heterocycles. The Morgan fingerprint density at radius 1 is 1.10 bits per heavy atom. The lowest BCUT2D eigenvalue weighted by Gasteiger charge is -2.47. The van der Waals surface area contributed by atoms with Gasteiger partial charge < -0.3 is 28.8 Å². The van der Waals surface area contributed by atoms with Crippen LogP contribution in [-0.4, -0.2) is 55.0 Å². The average Bonchev–Trinajstić information content (AvgIpc) is 2.80. The average molecular weight is 410 g/mol. The number of esters is 1. The minimum atomic E-state index is -1.29. The summed E-state index contributed by atoms with van der Waals surface area (Å²) in [5, 5.41) is 10.8. The van der Waals surface area contributed by atoms with Crippen molar-refractivity contribution in [1.82, 2.24) is 0 Å². The molecule has 0 radical (unpaired) electrons. The molecule has 2 fully saturated rings. The molecule has 2 saturated heterocycles. The zero-order valence-electron chi connectivity index (χ0n) is 16.1. The zero-order valence-corrected chi connectivity index (χ0v) is 16.1. The van der Waals surface area contributed by atoms with E-state index in [0.717, 1.165) is 5.56 Å². The highest BCUT2D eigenvalue weighted by molar-refractivity contribution is 5.89. The Balaban J connectivity index is 1.56. The lowest BCUT2D eigenvalue weighted by molar-refractivity contribution is -0.359. The number of hydrogen-bond donors (Lipinski definition) is 1. The number of terminal acetylenes is 1. The third-order valence-electron chi connectivity index (χ3n) is 4.96. The van der Waals surface area contributed by atoms with Crippen molar-refractivity contribution in [3.05, 3.63) is 71.8 Å². The first-order valence-electron chi connectivity index (χ1n) is 9.64. The highest BCUT2D eigenvalue weighted by atomic mass is 16.8. The summed E-state index contributed by atoms with van der Waals surface area (Å²) in [6.07, 6.45) is -0.182. The Kier molecular flexibility index (Phi) is 6.43. The quantitative estimate of drug-likeness (QED) is 0.597. The minimum Gasteiger partial charge on any atom is -0.453 e. The van der Waals surface area contributed by atoms with Crippen LogP contribution < -0.4 is 0 Å². The van der Waals surface area contributed by atoms with Crippen LogP contribution in [0.15, 0.2) is 60.7 Å². The molecule has 4 rings (SSSR count). The fourth-order valence-electron chi connectivity index (χ4n) is 3.51. The van der Waals surface area contributed by atoms with E-state index in [-0.39, 0.29) is 13.2 Å². The van der Waals surface area contributed by atoms with Crippen LogP contribution in [0, 0.1) is 12.3 Å². The van der Waals surface area contributed by atoms with E-state index in [0.29, 0.717) is 5.56 Å². The predicted octanol–water partition coefficient (Wildman–Crippen LogP) is 2.06. The van der Waals surface area contributed by atoms with E-state index in [1.54, 1.807) is 30.3 Å². The van der Waals surface area contributed by atoms with Gasteiger partial charge in [-0.05, 0) is 12.1 Å². The number of carbonyl (C=O) groups is 1. The number of fused-ring (bicyclic) bond motifs is 1. The van der Waals surface area contributed by atoms with E-state index < -0.39 is 43.0 Å². The molecule has 0 unspecified atom stereocenters. The maximum absolute atomic E-state index is 12.7. The van der Waals surface area contributed by atoms with E-state index in [4.69, 9.17) is 30.1 Å². The summed E-state index contributed by atoms with van der Waals surface area (Å²) in [5.41, 5.74) is 1.17. The Hall–Kier alpha value is -2.73. The summed E-state index contributed by atoms with van der Waals surface area (Å²) < 4.78 is 28.7. The maximum Gasteiger partial charge on any atom is 0.338 e. The second kappa shape index (κ2) is 9.39. The Morgan fingerprint density at radius 3 is 2.50 bits per heavy atom. The molecule has 156 valence electrons. The SMILES string of the molecule is C#CCO[C@@H]1O[C@@H]2CO[C@@H](c3ccccc3)O[C@H]2[C@H](OC(=O)c2ccccc2)[C@H]1O. The van der Waals surface area contributed by atoms with Crippen LogP contribution in [0.5, 0.6) is 0 Å². The standard InChI is InChI=1S/C23H22O7/c1-2-13-26-23-18(24)20(29-21(25)15-9-5-3-6-10-15)19-17(28-23)14-27-22(30-19)16-11-7-4-8-12-16/h1,3-12,17-20,22-24H,13-14H2/t17-,18-,19-,20-,22-,23-/m1/s1. The lowest BCUT2D eigenvalue weighted by atomic mass is 9.97. The van der Waals surface area contributed by atoms with Crippen molar-refractivity contribution in [1.29, 1.82) is 0 Å². The molecular formula is C23H22O7. The highest BCUT2D eigenvalue weighted by Crippen LogP contribution is 2.35. The first-order chi connectivity index (χ1) is 14.7. The molecule has 0 aliphatic carbocycles. The summed E-state index contributed by atoms with van der Waals surface area (Å²) in [6.45, 7) is 0.110. The number of rotatable bonds is 5. The minimum absolute atomic E-state index is 0.0627. The molecule has 30 heavy (non-hydrogen) atoms. The van der Waals surface area contributed by atoms with Crippen molar-refractivity contribution >= 4 is 5.97 Å². The number of ether oxygens (including phenoxy) is 5. The smallest absolute Gasteiger partial charge is 0.338 e. The van der Waals surface area contributed by atoms with Crippen molar-refractivity contribution in [3.63, 3.8) is 0 Å². The summed E-state index contributed by atoms with van der Waals surface area (Å²) >= 11 is 0. The van der Waals surface area contributed by atoms with E-state index in [1.807, 2.05) is 30.3 Å². The molecule has 0 bridgehead atoms. The van der Waals surface area contributed by atoms with Crippen molar-refractivity contribution in [3.8, 4) is 12.3 Å². The third kappa shape index (κ3) is 4.38. The second-order valence-corrected chi connectivity index (χ2v) is 6.96. The summed E-state index contributed by atoms with van der Waals surface area (Å²) in [6, 6.07) is 17.9. The normalized spacial score (nSPS) is 30.7. The van der Waals surface area contributed by atoms with Crippen LogP contribution in [0.25, 0.3) is 0 Å². The molecular weight excluding hydrogens is 388 g/mol. The van der Waals surface area contributed by atoms with Crippen molar-refractivity contribution < 1.29 is 33.6 Å². The fraction of sp³-hybridized carbons (Fsp3) is 0.348. The Labute approximate surface area is 174 Å². The first kappa shape index (κ1) is 20.5. The second-order valence-electron chi connectivity index (χ2n) is 6.96. The molecule has 0 saturated carbocycles. The molecule has 2 aliphatic heterocycles. The van der Waals surface area contributed by atoms with Gasteiger partial charge in [-0.3, -0.25) is 0 Å². The molecule has 0 amide bonds. The molecule has 6 atom stereocenters. The summed E-state index contributed by atoms with van der Waals surface area (Å²) in [4.78, 5) is 12.7. The number of carbonyl (C=O) groups excluding carboxylic acids is 1. The van der Waals surface area contributed by atoms with Gasteiger partial charge in [0.05, 0.1) is 12.2 Å². The van der Waals surface area contributed by atoms with E-state index in [9.17, 15) is 9.90 Å².